The van der Waals surface area contributed by atoms with Crippen LogP contribution in [0.2, 0.25) is 4.34 Å². The summed E-state index contributed by atoms with van der Waals surface area (Å²) in [7, 11) is 1.63. The van der Waals surface area contributed by atoms with Crippen molar-refractivity contribution < 1.29 is 14.3 Å². The molecule has 1 atom stereocenters. The molecule has 2 aromatic heterocycles. The highest BCUT2D eigenvalue weighted by Crippen LogP contribution is 2.22. The number of hydrogen-bond donors (Lipinski definition) is 3. The lowest BCUT2D eigenvalue weighted by Gasteiger charge is -2.14. The van der Waals surface area contributed by atoms with Crippen LogP contribution in [0.4, 0.5) is 10.1 Å². The Balaban J connectivity index is 1.57. The quantitative estimate of drug-likeness (QED) is 0.532. The van der Waals surface area contributed by atoms with Crippen LogP contribution >= 0.6 is 22.9 Å². The van der Waals surface area contributed by atoms with Crippen molar-refractivity contribution in [3.63, 3.8) is 0 Å². The van der Waals surface area contributed by atoms with Crippen molar-refractivity contribution in [2.75, 3.05) is 18.4 Å². The number of aryl methyl sites for hydroxylation is 1. The summed E-state index contributed by atoms with van der Waals surface area (Å²) < 4.78 is 16.4. The maximum absolute atomic E-state index is 14.4. The van der Waals surface area contributed by atoms with Crippen LogP contribution in [-0.4, -0.2) is 34.8 Å². The minimum atomic E-state index is -0.921. The smallest absolute Gasteiger partial charge is 0.261 e. The van der Waals surface area contributed by atoms with E-state index < -0.39 is 11.9 Å². The van der Waals surface area contributed by atoms with E-state index in [4.69, 9.17) is 11.6 Å². The predicted molar refractivity (Wildman–Crippen MR) is 113 cm³/mol. The van der Waals surface area contributed by atoms with E-state index in [1.54, 1.807) is 43.6 Å². The van der Waals surface area contributed by atoms with Crippen molar-refractivity contribution in [3.05, 3.63) is 74.0 Å². The van der Waals surface area contributed by atoms with Gasteiger partial charge in [-0.2, -0.15) is 0 Å². The third-order valence-corrected chi connectivity index (χ3v) is 5.46. The average molecular weight is 436 g/mol. The Bertz CT molecular complexity index is 1080. The third kappa shape index (κ3) is 5.23. The van der Waals surface area contributed by atoms with Crippen molar-refractivity contribution in [2.24, 2.45) is 7.05 Å². The molecule has 0 spiro atoms. The molecule has 3 N–H and O–H groups in total. The predicted octanol–water partition coefficient (Wildman–Crippen LogP) is 3.11. The van der Waals surface area contributed by atoms with E-state index in [1.165, 1.54) is 16.7 Å². The molecule has 3 rings (SSSR count). The van der Waals surface area contributed by atoms with Gasteiger partial charge in [0.15, 0.2) is 0 Å². The van der Waals surface area contributed by atoms with Gasteiger partial charge in [-0.05, 0) is 42.0 Å². The topological polar surface area (TPSA) is 83.4 Å². The first-order valence-electron chi connectivity index (χ1n) is 8.76. The first-order valence-corrected chi connectivity index (χ1v) is 9.95. The Morgan fingerprint density at radius 3 is 2.76 bits per heavy atom. The normalized spacial score (nSPS) is 11.9. The van der Waals surface area contributed by atoms with Crippen LogP contribution in [0.1, 0.15) is 9.67 Å². The van der Waals surface area contributed by atoms with Gasteiger partial charge in [0.2, 0.25) is 0 Å². The Kier molecular flexibility index (Phi) is 6.68. The molecule has 0 aliphatic carbocycles. The minimum Gasteiger partial charge on any atom is -0.389 e. The molecule has 3 aromatic rings. The van der Waals surface area contributed by atoms with E-state index in [1.807, 2.05) is 0 Å². The summed E-state index contributed by atoms with van der Waals surface area (Å²) in [5.74, 6) is -0.876. The fraction of sp³-hybridized carbons (Fsp3) is 0.200. The number of rotatable bonds is 7. The summed E-state index contributed by atoms with van der Waals surface area (Å²) >= 11 is 6.93. The molecule has 29 heavy (non-hydrogen) atoms. The number of nitrogens with one attached hydrogen (secondary N) is 2. The number of aromatic nitrogens is 1. The van der Waals surface area contributed by atoms with Crippen molar-refractivity contribution in [3.8, 4) is 11.1 Å². The maximum atomic E-state index is 14.4. The number of aliphatic hydroxyl groups is 1. The van der Waals surface area contributed by atoms with Gasteiger partial charge in [-0.1, -0.05) is 17.7 Å². The van der Waals surface area contributed by atoms with Gasteiger partial charge >= 0.3 is 0 Å². The average Bonchev–Trinajstić information content (AvgIpc) is 3.13. The van der Waals surface area contributed by atoms with E-state index in [-0.39, 0.29) is 30.2 Å². The van der Waals surface area contributed by atoms with Crippen LogP contribution in [0, 0.1) is 5.82 Å². The number of amides is 1. The lowest BCUT2D eigenvalue weighted by Crippen LogP contribution is -2.35. The van der Waals surface area contributed by atoms with Crippen LogP contribution in [-0.2, 0) is 7.05 Å². The molecule has 1 amide bonds. The van der Waals surface area contributed by atoms with Crippen LogP contribution in [0.5, 0.6) is 0 Å². The number of anilines is 1. The molecule has 0 fully saturated rings. The van der Waals surface area contributed by atoms with Gasteiger partial charge in [0, 0.05) is 31.9 Å². The van der Waals surface area contributed by atoms with Crippen LogP contribution in [0.3, 0.4) is 0 Å². The zero-order chi connectivity index (χ0) is 21.0. The second kappa shape index (κ2) is 9.21. The lowest BCUT2D eigenvalue weighted by atomic mass is 10.1. The number of halogens is 2. The molecule has 0 unspecified atom stereocenters. The molecule has 152 valence electrons. The van der Waals surface area contributed by atoms with E-state index in [0.29, 0.717) is 20.3 Å². The van der Waals surface area contributed by atoms with E-state index in [9.17, 15) is 19.1 Å². The summed E-state index contributed by atoms with van der Waals surface area (Å²) in [5, 5.41) is 15.4. The molecule has 9 heteroatoms. The molecule has 0 saturated carbocycles. The van der Waals surface area contributed by atoms with Gasteiger partial charge in [-0.25, -0.2) is 4.39 Å². The van der Waals surface area contributed by atoms with Crippen molar-refractivity contribution in [1.82, 2.24) is 9.88 Å². The van der Waals surface area contributed by atoms with Crippen LogP contribution in [0.15, 0.2) is 53.5 Å². The fourth-order valence-electron chi connectivity index (χ4n) is 2.68. The zero-order valence-electron chi connectivity index (χ0n) is 15.5. The monoisotopic (exact) mass is 435 g/mol. The second-order valence-corrected chi connectivity index (χ2v) is 8.10. The van der Waals surface area contributed by atoms with E-state index >= 15 is 0 Å². The Morgan fingerprint density at radius 1 is 1.28 bits per heavy atom. The molecule has 0 radical (unpaired) electrons. The Hall–Kier alpha value is -2.68. The summed E-state index contributed by atoms with van der Waals surface area (Å²) in [6.07, 6.45) is 0.709. The number of nitrogens with zero attached hydrogens (tertiary/aromatic N) is 1. The van der Waals surface area contributed by atoms with E-state index in [0.717, 1.165) is 11.3 Å². The number of carbonyl (C=O) groups excluding carboxylic acids is 1. The molecule has 0 saturated heterocycles. The van der Waals surface area contributed by atoms with Gasteiger partial charge in [-0.3, -0.25) is 9.59 Å². The number of hydrogen-bond acceptors (Lipinski definition) is 5. The van der Waals surface area contributed by atoms with Gasteiger partial charge in [0.25, 0.3) is 11.5 Å². The molecule has 2 heterocycles. The molecule has 6 nitrogen and oxygen atoms in total. The first-order chi connectivity index (χ1) is 13.8. The zero-order valence-corrected chi connectivity index (χ0v) is 17.1. The summed E-state index contributed by atoms with van der Waals surface area (Å²) in [6.45, 7) is 0.0377. The summed E-state index contributed by atoms with van der Waals surface area (Å²) in [4.78, 5) is 24.5. The minimum absolute atomic E-state index is 0.00110. The highest BCUT2D eigenvalue weighted by molar-refractivity contribution is 7.17. The van der Waals surface area contributed by atoms with Gasteiger partial charge < -0.3 is 20.3 Å². The largest absolute Gasteiger partial charge is 0.389 e. The molecule has 0 aliphatic heterocycles. The van der Waals surface area contributed by atoms with Crippen molar-refractivity contribution in [1.29, 1.82) is 0 Å². The van der Waals surface area contributed by atoms with Crippen LogP contribution in [0.25, 0.3) is 11.1 Å². The number of aliphatic hydroxyl groups excluding tert-OH is 1. The molecular formula is C20H19ClFN3O3S. The Labute approximate surface area is 175 Å². The fourth-order valence-corrected chi connectivity index (χ4v) is 3.64. The van der Waals surface area contributed by atoms with Crippen LogP contribution < -0.4 is 16.2 Å². The standard InChI is InChI=1S/C20H19ClFN3O3S/c1-25-8-2-3-14(20(25)28)12-4-5-16(15(22)9-12)23-10-13(26)11-24-19(27)17-6-7-18(21)29-17/h2-9,13,23,26H,10-11H2,1H3,(H,24,27)/t13-/m1/s1. The molecular weight excluding hydrogens is 417 g/mol. The molecule has 1 aromatic carbocycles. The lowest BCUT2D eigenvalue weighted by molar-refractivity contribution is 0.0926. The number of thiophene rings is 1. The molecule has 0 aliphatic rings. The number of carbonyl (C=O) groups is 1. The highest BCUT2D eigenvalue weighted by atomic mass is 35.5. The SMILES string of the molecule is Cn1cccc(-c2ccc(NC[C@@H](O)CNC(=O)c3ccc(Cl)s3)c(F)c2)c1=O. The summed E-state index contributed by atoms with van der Waals surface area (Å²) in [6, 6.07) is 11.0. The summed E-state index contributed by atoms with van der Waals surface area (Å²) in [5.41, 5.74) is 0.844. The Morgan fingerprint density at radius 2 is 2.07 bits per heavy atom. The number of pyridine rings is 1. The van der Waals surface area contributed by atoms with E-state index in [2.05, 4.69) is 10.6 Å². The first kappa shape index (κ1) is 21.0. The van der Waals surface area contributed by atoms with Gasteiger partial charge in [0.05, 0.1) is 21.0 Å². The van der Waals surface area contributed by atoms with Crippen molar-refractivity contribution >= 4 is 34.5 Å². The van der Waals surface area contributed by atoms with Gasteiger partial charge in [-0.15, -0.1) is 11.3 Å². The highest BCUT2D eigenvalue weighted by Gasteiger charge is 2.13. The molecule has 0 bridgehead atoms. The van der Waals surface area contributed by atoms with Gasteiger partial charge in [0.1, 0.15) is 5.82 Å². The number of benzene rings is 1. The second-order valence-electron chi connectivity index (χ2n) is 6.38. The third-order valence-electron chi connectivity index (χ3n) is 4.23. The maximum Gasteiger partial charge on any atom is 0.261 e. The van der Waals surface area contributed by atoms with Crippen molar-refractivity contribution in [2.45, 2.75) is 6.10 Å².